The molecule has 0 heterocycles. The number of likely N-dealkylation sites (N-methyl/N-ethyl adjacent to an activating group) is 1. The molecule has 0 saturated heterocycles. The normalized spacial score (nSPS) is 12.3. The summed E-state index contributed by atoms with van der Waals surface area (Å²) in [6.07, 6.45) is 2.70. The molecule has 232 valence electrons. The lowest BCUT2D eigenvalue weighted by atomic mass is 9.77. The van der Waals surface area contributed by atoms with E-state index in [-0.39, 0.29) is 24.7 Å². The van der Waals surface area contributed by atoms with E-state index >= 15 is 0 Å². The fraction of sp³-hybridized carbons (Fsp3) is 0.237. The van der Waals surface area contributed by atoms with E-state index < -0.39 is 23.3 Å². The van der Waals surface area contributed by atoms with Crippen molar-refractivity contribution in [1.82, 2.24) is 10.6 Å². The van der Waals surface area contributed by atoms with Gasteiger partial charge in [-0.25, -0.2) is 4.79 Å². The molecular weight excluding hydrogens is 562 g/mol. The molecule has 0 unspecified atom stereocenters. The minimum atomic E-state index is -0.959. The number of hydrogen-bond donors (Lipinski definition) is 2. The molecular formula is C38H41N3O4. The molecule has 1 atom stereocenters. The molecule has 0 fully saturated rings. The summed E-state index contributed by atoms with van der Waals surface area (Å²) in [5.74, 6) is -0.485. The van der Waals surface area contributed by atoms with Crippen LogP contribution >= 0.6 is 0 Å². The number of nitrogens with zero attached hydrogens (tertiary/aromatic N) is 1. The number of hydrogen-bond acceptors (Lipinski definition) is 4. The molecule has 7 nitrogen and oxygen atoms in total. The van der Waals surface area contributed by atoms with Gasteiger partial charge in [0.2, 0.25) is 11.8 Å². The number of nitrogens with one attached hydrogen (secondary N) is 2. The standard InChI is InChI=1S/C38H41N3O4/c1-37(2,3)45-36(44)39-32(26-28-35(43)41(4)33-23-15-8-16-24-33)25-27-34(42)40-38(29-17-9-5-10-18-29,30-19-11-6-12-20-30)31-21-13-7-14-22-31/h5-24,26,28,32H,25,27H2,1-4H3,(H,39,44)(H,40,42)/b28-26+/t32-/m0/s1. The van der Waals surface area contributed by atoms with E-state index in [1.807, 2.05) is 121 Å². The Kier molecular flexibility index (Phi) is 10.9. The molecule has 7 heteroatoms. The Morgan fingerprint density at radius 1 is 0.733 bits per heavy atom. The van der Waals surface area contributed by atoms with Crippen molar-refractivity contribution in [2.75, 3.05) is 11.9 Å². The van der Waals surface area contributed by atoms with E-state index in [2.05, 4.69) is 10.6 Å². The molecule has 4 aromatic carbocycles. The van der Waals surface area contributed by atoms with E-state index in [0.29, 0.717) is 0 Å². The first kappa shape index (κ1) is 32.7. The molecule has 0 saturated carbocycles. The third-order valence-electron chi connectivity index (χ3n) is 7.28. The lowest BCUT2D eigenvalue weighted by Crippen LogP contribution is -2.48. The lowest BCUT2D eigenvalue weighted by Gasteiger charge is -2.37. The van der Waals surface area contributed by atoms with E-state index in [9.17, 15) is 14.4 Å². The summed E-state index contributed by atoms with van der Waals surface area (Å²) in [6.45, 7) is 5.33. The summed E-state index contributed by atoms with van der Waals surface area (Å²) in [6, 6.07) is 38.2. The maximum absolute atomic E-state index is 13.9. The number of amides is 3. The zero-order valence-corrected chi connectivity index (χ0v) is 26.3. The molecule has 0 spiro atoms. The van der Waals surface area contributed by atoms with Crippen molar-refractivity contribution in [3.05, 3.63) is 150 Å². The maximum atomic E-state index is 13.9. The van der Waals surface area contributed by atoms with Crippen LogP contribution in [-0.2, 0) is 19.9 Å². The fourth-order valence-corrected chi connectivity index (χ4v) is 5.10. The second kappa shape index (κ2) is 15.0. The highest BCUT2D eigenvalue weighted by molar-refractivity contribution is 6.01. The average Bonchev–Trinajstić information content (AvgIpc) is 3.05. The number of rotatable bonds is 11. The summed E-state index contributed by atoms with van der Waals surface area (Å²) in [5.41, 5.74) is 1.80. The Bertz CT molecular complexity index is 1470. The predicted octanol–water partition coefficient (Wildman–Crippen LogP) is 6.99. The Labute approximate surface area is 265 Å². The number of carbonyl (C=O) groups excluding carboxylic acids is 3. The summed E-state index contributed by atoms with van der Waals surface area (Å²) < 4.78 is 5.47. The van der Waals surface area contributed by atoms with Crippen LogP contribution in [-0.4, -0.2) is 36.6 Å². The van der Waals surface area contributed by atoms with E-state index in [4.69, 9.17) is 4.74 Å². The van der Waals surface area contributed by atoms with Gasteiger partial charge in [-0.1, -0.05) is 115 Å². The highest BCUT2D eigenvalue weighted by Gasteiger charge is 2.37. The minimum absolute atomic E-state index is 0.0712. The number of benzene rings is 4. The smallest absolute Gasteiger partial charge is 0.408 e. The number of carbonyl (C=O) groups is 3. The van der Waals surface area contributed by atoms with Gasteiger partial charge < -0.3 is 20.3 Å². The van der Waals surface area contributed by atoms with E-state index in [1.54, 1.807) is 33.9 Å². The minimum Gasteiger partial charge on any atom is -0.444 e. The van der Waals surface area contributed by atoms with Crippen LogP contribution in [0.25, 0.3) is 0 Å². The summed E-state index contributed by atoms with van der Waals surface area (Å²) in [4.78, 5) is 41.1. The molecule has 0 aliphatic carbocycles. The molecule has 2 N–H and O–H groups in total. The van der Waals surface area contributed by atoms with Gasteiger partial charge in [0.1, 0.15) is 11.1 Å². The van der Waals surface area contributed by atoms with Gasteiger partial charge in [0, 0.05) is 25.2 Å². The van der Waals surface area contributed by atoms with Crippen LogP contribution in [0.15, 0.2) is 133 Å². The molecule has 0 aliphatic rings. The lowest BCUT2D eigenvalue weighted by molar-refractivity contribution is -0.122. The van der Waals surface area contributed by atoms with Gasteiger partial charge in [-0.3, -0.25) is 9.59 Å². The molecule has 4 aromatic rings. The van der Waals surface area contributed by atoms with Crippen molar-refractivity contribution in [3.63, 3.8) is 0 Å². The van der Waals surface area contributed by atoms with Crippen molar-refractivity contribution < 1.29 is 19.1 Å². The highest BCUT2D eigenvalue weighted by atomic mass is 16.6. The highest BCUT2D eigenvalue weighted by Crippen LogP contribution is 2.37. The Morgan fingerprint density at radius 3 is 1.62 bits per heavy atom. The van der Waals surface area contributed by atoms with Crippen molar-refractivity contribution in [2.24, 2.45) is 0 Å². The first-order valence-electron chi connectivity index (χ1n) is 15.1. The van der Waals surface area contributed by atoms with Crippen molar-refractivity contribution in [3.8, 4) is 0 Å². The molecule has 0 aromatic heterocycles. The third-order valence-corrected chi connectivity index (χ3v) is 7.28. The molecule has 0 radical (unpaired) electrons. The zero-order chi connectivity index (χ0) is 32.3. The monoisotopic (exact) mass is 603 g/mol. The second-order valence-corrected chi connectivity index (χ2v) is 11.8. The van der Waals surface area contributed by atoms with Crippen LogP contribution in [0.3, 0.4) is 0 Å². The van der Waals surface area contributed by atoms with Gasteiger partial charge in [-0.15, -0.1) is 0 Å². The molecule has 45 heavy (non-hydrogen) atoms. The number of anilines is 1. The second-order valence-electron chi connectivity index (χ2n) is 11.8. The van der Waals surface area contributed by atoms with Crippen LogP contribution in [0.4, 0.5) is 10.5 Å². The van der Waals surface area contributed by atoms with Crippen LogP contribution in [0.5, 0.6) is 0 Å². The molecule has 0 bridgehead atoms. The first-order chi connectivity index (χ1) is 21.6. The Hall–Kier alpha value is -5.17. The Balaban J connectivity index is 1.59. The van der Waals surface area contributed by atoms with Crippen LogP contribution in [0.2, 0.25) is 0 Å². The van der Waals surface area contributed by atoms with Crippen LogP contribution in [0.1, 0.15) is 50.3 Å². The Morgan fingerprint density at radius 2 is 1.18 bits per heavy atom. The van der Waals surface area contributed by atoms with Crippen molar-refractivity contribution in [2.45, 2.75) is 50.8 Å². The largest absolute Gasteiger partial charge is 0.444 e. The van der Waals surface area contributed by atoms with E-state index in [0.717, 1.165) is 22.4 Å². The van der Waals surface area contributed by atoms with Gasteiger partial charge >= 0.3 is 6.09 Å². The van der Waals surface area contributed by atoms with Crippen molar-refractivity contribution >= 4 is 23.6 Å². The predicted molar refractivity (Wildman–Crippen MR) is 179 cm³/mol. The molecule has 4 rings (SSSR count). The van der Waals surface area contributed by atoms with Gasteiger partial charge in [-0.05, 0) is 56.0 Å². The topological polar surface area (TPSA) is 87.7 Å². The third kappa shape index (κ3) is 8.92. The summed E-state index contributed by atoms with van der Waals surface area (Å²) >= 11 is 0. The van der Waals surface area contributed by atoms with Crippen molar-refractivity contribution in [1.29, 1.82) is 0 Å². The molecule has 0 aliphatic heterocycles. The molecule has 3 amide bonds. The van der Waals surface area contributed by atoms with Gasteiger partial charge in [0.05, 0.1) is 6.04 Å². The maximum Gasteiger partial charge on any atom is 0.408 e. The van der Waals surface area contributed by atoms with Crippen LogP contribution < -0.4 is 15.5 Å². The van der Waals surface area contributed by atoms with Crippen LogP contribution in [0, 0.1) is 0 Å². The summed E-state index contributed by atoms with van der Waals surface area (Å²) in [5, 5.41) is 6.17. The average molecular weight is 604 g/mol. The number of alkyl carbamates (subject to hydrolysis) is 1. The zero-order valence-electron chi connectivity index (χ0n) is 26.3. The SMILES string of the molecule is CN(C(=O)/C=C/[C@H](CCC(=O)NC(c1ccccc1)(c1ccccc1)c1ccccc1)NC(=O)OC(C)(C)C)c1ccccc1. The number of para-hydroxylation sites is 1. The van der Waals surface area contributed by atoms with Gasteiger partial charge in [-0.2, -0.15) is 0 Å². The van der Waals surface area contributed by atoms with Gasteiger partial charge in [0.15, 0.2) is 0 Å². The quantitative estimate of drug-likeness (QED) is 0.143. The van der Waals surface area contributed by atoms with Gasteiger partial charge in [0.25, 0.3) is 0 Å². The van der Waals surface area contributed by atoms with E-state index in [1.165, 1.54) is 11.0 Å². The summed E-state index contributed by atoms with van der Waals surface area (Å²) in [7, 11) is 1.68. The first-order valence-corrected chi connectivity index (χ1v) is 15.1. The fourth-order valence-electron chi connectivity index (χ4n) is 5.10. The number of ether oxygens (including phenoxy) is 1.